The van der Waals surface area contributed by atoms with Gasteiger partial charge in [-0.3, -0.25) is 0 Å². The topological polar surface area (TPSA) is 96.8 Å². The van der Waals surface area contributed by atoms with Gasteiger partial charge in [-0.1, -0.05) is 35.9 Å². The standard InChI is InChI=1S/C23H23ClN2O5/c24-14-7-15-16(8-19(25-15)31-18-10-30-21-17(28)9-29-22(18)21)26-20(14)12-1-3-13(4-2-12)23(11-27)5-6-23/h1-4,7-8,17-18,21-22,25,27-28H,5-6,9-11H2/t17-,18+,21-,22-/m1/s1. The zero-order valence-electron chi connectivity index (χ0n) is 16.8. The van der Waals surface area contributed by atoms with Crippen LogP contribution in [0.15, 0.2) is 36.4 Å². The van der Waals surface area contributed by atoms with Crippen LogP contribution in [0.3, 0.4) is 0 Å². The number of hydrogen-bond donors (Lipinski definition) is 3. The molecule has 162 valence electrons. The molecule has 3 fully saturated rings. The fourth-order valence-electron chi connectivity index (χ4n) is 4.65. The molecular weight excluding hydrogens is 420 g/mol. The highest BCUT2D eigenvalue weighted by atomic mass is 35.5. The van der Waals surface area contributed by atoms with Crippen LogP contribution in [0, 0.1) is 0 Å². The molecule has 3 aromatic rings. The molecule has 2 saturated heterocycles. The summed E-state index contributed by atoms with van der Waals surface area (Å²) in [6.45, 7) is 0.810. The summed E-state index contributed by atoms with van der Waals surface area (Å²) in [7, 11) is 0. The Morgan fingerprint density at radius 3 is 2.65 bits per heavy atom. The SMILES string of the molecule is OCC1(c2ccc(-c3nc4cc(O[C@H]5CO[C@H]6[C@@H]5OC[C@H]6O)[nH]c4cc3Cl)cc2)CC1. The monoisotopic (exact) mass is 442 g/mol. The zero-order valence-corrected chi connectivity index (χ0v) is 17.5. The van der Waals surface area contributed by atoms with E-state index >= 15 is 0 Å². The number of hydrogen-bond acceptors (Lipinski definition) is 6. The van der Waals surface area contributed by atoms with Gasteiger partial charge < -0.3 is 29.4 Å². The van der Waals surface area contributed by atoms with Crippen molar-refractivity contribution in [2.24, 2.45) is 0 Å². The molecule has 0 unspecified atom stereocenters. The van der Waals surface area contributed by atoms with Gasteiger partial charge in [-0.15, -0.1) is 0 Å². The number of aromatic amines is 1. The van der Waals surface area contributed by atoms with Crippen molar-refractivity contribution in [2.45, 2.75) is 42.7 Å². The van der Waals surface area contributed by atoms with Crippen LogP contribution in [0.1, 0.15) is 18.4 Å². The maximum Gasteiger partial charge on any atom is 0.193 e. The summed E-state index contributed by atoms with van der Waals surface area (Å²) < 4.78 is 17.3. The first-order valence-corrected chi connectivity index (χ1v) is 10.9. The third-order valence-corrected chi connectivity index (χ3v) is 7.01. The van der Waals surface area contributed by atoms with Crippen molar-refractivity contribution in [1.29, 1.82) is 0 Å². The Bertz CT molecular complexity index is 1130. The lowest BCUT2D eigenvalue weighted by Crippen LogP contribution is -2.34. The van der Waals surface area contributed by atoms with Gasteiger partial charge in [-0.25, -0.2) is 4.98 Å². The molecule has 1 aromatic carbocycles. The second-order valence-electron chi connectivity index (χ2n) is 8.72. The van der Waals surface area contributed by atoms with Gasteiger partial charge in [-0.2, -0.15) is 0 Å². The van der Waals surface area contributed by atoms with Gasteiger partial charge in [0, 0.05) is 17.0 Å². The number of nitrogens with one attached hydrogen (secondary N) is 1. The minimum Gasteiger partial charge on any atom is -0.470 e. The summed E-state index contributed by atoms with van der Waals surface area (Å²) in [5.74, 6) is 0.559. The minimum atomic E-state index is -0.608. The van der Waals surface area contributed by atoms with Gasteiger partial charge in [0.15, 0.2) is 12.0 Å². The Labute approximate surface area is 183 Å². The Balaban J connectivity index is 1.26. The second-order valence-corrected chi connectivity index (χ2v) is 9.13. The van der Waals surface area contributed by atoms with Crippen molar-refractivity contribution >= 4 is 22.6 Å². The Hall–Kier alpha value is -2.16. The molecule has 2 aromatic heterocycles. The number of benzene rings is 1. The van der Waals surface area contributed by atoms with E-state index in [4.69, 9.17) is 30.8 Å². The molecule has 4 atom stereocenters. The Morgan fingerprint density at radius 2 is 1.90 bits per heavy atom. The average molecular weight is 443 g/mol. The molecular formula is C23H23ClN2O5. The third kappa shape index (κ3) is 3.23. The smallest absolute Gasteiger partial charge is 0.193 e. The van der Waals surface area contributed by atoms with E-state index in [0.717, 1.165) is 35.0 Å². The number of fused-ring (bicyclic) bond motifs is 2. The van der Waals surface area contributed by atoms with Crippen LogP contribution in [-0.2, 0) is 14.9 Å². The summed E-state index contributed by atoms with van der Waals surface area (Å²) in [6.07, 6.45) is 0.537. The highest BCUT2D eigenvalue weighted by molar-refractivity contribution is 6.33. The normalized spacial score (nSPS) is 28.7. The molecule has 31 heavy (non-hydrogen) atoms. The molecule has 3 N–H and O–H groups in total. The molecule has 3 aliphatic rings. The quantitative estimate of drug-likeness (QED) is 0.562. The minimum absolute atomic E-state index is 0.0609. The van der Waals surface area contributed by atoms with Crippen molar-refractivity contribution in [3.63, 3.8) is 0 Å². The highest BCUT2D eigenvalue weighted by Crippen LogP contribution is 2.48. The molecule has 6 rings (SSSR count). The van der Waals surface area contributed by atoms with Gasteiger partial charge in [0.2, 0.25) is 0 Å². The van der Waals surface area contributed by atoms with Gasteiger partial charge in [-0.05, 0) is 24.5 Å². The number of aliphatic hydroxyl groups excluding tert-OH is 2. The first-order valence-electron chi connectivity index (χ1n) is 10.6. The summed E-state index contributed by atoms with van der Waals surface area (Å²) in [4.78, 5) is 7.96. The van der Waals surface area contributed by atoms with Crippen LogP contribution < -0.4 is 4.74 Å². The number of aliphatic hydroxyl groups is 2. The van der Waals surface area contributed by atoms with Crippen LogP contribution >= 0.6 is 11.6 Å². The first-order chi connectivity index (χ1) is 15.1. The fraction of sp³-hybridized carbons (Fsp3) is 0.435. The van der Waals surface area contributed by atoms with E-state index in [1.54, 1.807) is 0 Å². The predicted octanol–water partition coefficient (Wildman–Crippen LogP) is 2.81. The number of halogens is 1. The van der Waals surface area contributed by atoms with Crippen molar-refractivity contribution < 1.29 is 24.4 Å². The van der Waals surface area contributed by atoms with E-state index in [9.17, 15) is 10.2 Å². The van der Waals surface area contributed by atoms with Crippen molar-refractivity contribution in [2.75, 3.05) is 19.8 Å². The van der Waals surface area contributed by atoms with E-state index in [-0.39, 0.29) is 36.9 Å². The van der Waals surface area contributed by atoms with Gasteiger partial charge in [0.1, 0.15) is 18.3 Å². The number of rotatable bonds is 5. The molecule has 0 spiro atoms. The van der Waals surface area contributed by atoms with Crippen LogP contribution in [-0.4, -0.2) is 64.4 Å². The molecule has 1 aliphatic carbocycles. The first kappa shape index (κ1) is 19.5. The highest BCUT2D eigenvalue weighted by Gasteiger charge is 2.48. The van der Waals surface area contributed by atoms with Gasteiger partial charge in [0.05, 0.1) is 41.6 Å². The van der Waals surface area contributed by atoms with Crippen molar-refractivity contribution in [3.05, 3.63) is 47.0 Å². The largest absolute Gasteiger partial charge is 0.470 e. The van der Waals surface area contributed by atoms with E-state index in [1.807, 2.05) is 24.3 Å². The summed E-state index contributed by atoms with van der Waals surface area (Å²) >= 11 is 6.54. The second kappa shape index (κ2) is 7.18. The van der Waals surface area contributed by atoms with E-state index in [1.165, 1.54) is 0 Å². The molecule has 8 heteroatoms. The Morgan fingerprint density at radius 1 is 1.13 bits per heavy atom. The summed E-state index contributed by atoms with van der Waals surface area (Å²) in [6, 6.07) is 11.8. The van der Waals surface area contributed by atoms with Gasteiger partial charge >= 0.3 is 0 Å². The summed E-state index contributed by atoms with van der Waals surface area (Å²) in [5, 5.41) is 20.1. The molecule has 0 bridgehead atoms. The molecule has 0 amide bonds. The number of H-pyrrole nitrogens is 1. The van der Waals surface area contributed by atoms with E-state index < -0.39 is 6.10 Å². The third-order valence-electron chi connectivity index (χ3n) is 6.72. The lowest BCUT2D eigenvalue weighted by atomic mass is 9.95. The molecule has 0 radical (unpaired) electrons. The van der Waals surface area contributed by atoms with Crippen LogP contribution in [0.2, 0.25) is 5.02 Å². The van der Waals surface area contributed by atoms with E-state index in [0.29, 0.717) is 23.2 Å². The molecule has 7 nitrogen and oxygen atoms in total. The molecule has 4 heterocycles. The maximum atomic E-state index is 9.90. The number of ether oxygens (including phenoxy) is 3. The van der Waals surface area contributed by atoms with Crippen LogP contribution in [0.4, 0.5) is 0 Å². The van der Waals surface area contributed by atoms with Crippen LogP contribution in [0.5, 0.6) is 5.88 Å². The molecule has 1 saturated carbocycles. The zero-order chi connectivity index (χ0) is 21.2. The van der Waals surface area contributed by atoms with Crippen molar-refractivity contribution in [3.8, 4) is 17.1 Å². The van der Waals surface area contributed by atoms with E-state index in [2.05, 4.69) is 17.1 Å². The number of aromatic nitrogens is 2. The fourth-order valence-corrected chi connectivity index (χ4v) is 4.91. The number of nitrogens with zero attached hydrogens (tertiary/aromatic N) is 1. The Kier molecular flexibility index (Phi) is 4.52. The summed E-state index contributed by atoms with van der Waals surface area (Å²) in [5.41, 5.74) is 4.25. The van der Waals surface area contributed by atoms with Crippen molar-refractivity contribution in [1.82, 2.24) is 9.97 Å². The predicted molar refractivity (Wildman–Crippen MR) is 114 cm³/mol. The lowest BCUT2D eigenvalue weighted by Gasteiger charge is -2.16. The average Bonchev–Trinajstić information content (AvgIpc) is 3.12. The lowest BCUT2D eigenvalue weighted by molar-refractivity contribution is 0.00794. The van der Waals surface area contributed by atoms with Gasteiger partial charge in [0.25, 0.3) is 0 Å². The maximum absolute atomic E-state index is 9.90. The van der Waals surface area contributed by atoms with Crippen LogP contribution in [0.25, 0.3) is 22.3 Å². The molecule has 2 aliphatic heterocycles. The number of pyridine rings is 1.